The number of hydrogen-bond acceptors (Lipinski definition) is 3. The summed E-state index contributed by atoms with van der Waals surface area (Å²) in [4.78, 5) is 2.40. The van der Waals surface area contributed by atoms with Gasteiger partial charge >= 0.3 is 0 Å². The molecule has 80 valence electrons. The van der Waals surface area contributed by atoms with Crippen molar-refractivity contribution in [2.24, 2.45) is 5.92 Å². The molecule has 0 saturated carbocycles. The topological polar surface area (TPSA) is 39.1 Å². The molecule has 0 aromatic carbocycles. The molecule has 0 spiro atoms. The molecule has 0 aliphatic carbocycles. The van der Waals surface area contributed by atoms with Gasteiger partial charge in [0.15, 0.2) is 0 Å². The molecule has 0 bridgehead atoms. The van der Waals surface area contributed by atoms with Crippen LogP contribution in [0.2, 0.25) is 0 Å². The minimum absolute atomic E-state index is 0.680. The van der Waals surface area contributed by atoms with Crippen LogP contribution in [-0.2, 0) is 0 Å². The van der Waals surface area contributed by atoms with E-state index in [0.717, 1.165) is 25.4 Å². The smallest absolute Gasteiger partial charge is 0.0622 e. The van der Waals surface area contributed by atoms with Crippen molar-refractivity contribution in [3.8, 4) is 6.07 Å². The lowest BCUT2D eigenvalue weighted by Gasteiger charge is -2.10. The van der Waals surface area contributed by atoms with Crippen molar-refractivity contribution < 1.29 is 0 Å². The van der Waals surface area contributed by atoms with E-state index < -0.39 is 0 Å². The molecule has 0 amide bonds. The highest BCUT2D eigenvalue weighted by atomic mass is 15.1. The van der Waals surface area contributed by atoms with E-state index >= 15 is 0 Å². The van der Waals surface area contributed by atoms with Gasteiger partial charge < -0.3 is 10.2 Å². The maximum atomic E-state index is 8.34. The van der Waals surface area contributed by atoms with Crippen molar-refractivity contribution in [2.75, 3.05) is 33.2 Å². The molecule has 1 atom stereocenters. The molecule has 1 aliphatic heterocycles. The fraction of sp³-hybridized carbons (Fsp3) is 0.909. The molecule has 1 saturated heterocycles. The highest BCUT2D eigenvalue weighted by Crippen LogP contribution is 2.16. The summed E-state index contributed by atoms with van der Waals surface area (Å²) in [6.07, 6.45) is 4.31. The van der Waals surface area contributed by atoms with E-state index in [9.17, 15) is 0 Å². The Morgan fingerprint density at radius 3 is 3.00 bits per heavy atom. The Morgan fingerprint density at radius 1 is 1.50 bits per heavy atom. The zero-order valence-corrected chi connectivity index (χ0v) is 9.13. The second kappa shape index (κ2) is 6.80. The second-order valence-corrected chi connectivity index (χ2v) is 4.22. The summed E-state index contributed by atoms with van der Waals surface area (Å²) in [5.41, 5.74) is 0. The monoisotopic (exact) mass is 195 g/mol. The number of nitrogens with zero attached hydrogens (tertiary/aromatic N) is 2. The van der Waals surface area contributed by atoms with Gasteiger partial charge in [-0.05, 0) is 51.9 Å². The highest BCUT2D eigenvalue weighted by Gasteiger charge is 2.18. The summed E-state index contributed by atoms with van der Waals surface area (Å²) in [5.74, 6) is 0.892. The third-order valence-electron chi connectivity index (χ3n) is 2.86. The maximum Gasteiger partial charge on any atom is 0.0622 e. The summed E-state index contributed by atoms with van der Waals surface area (Å²) in [5, 5.41) is 11.7. The van der Waals surface area contributed by atoms with Crippen LogP contribution < -0.4 is 5.32 Å². The maximum absolute atomic E-state index is 8.34. The first-order valence-corrected chi connectivity index (χ1v) is 5.59. The van der Waals surface area contributed by atoms with Crippen LogP contribution in [0.5, 0.6) is 0 Å². The summed E-state index contributed by atoms with van der Waals surface area (Å²) < 4.78 is 0. The SMILES string of the molecule is CN1CCC(CCNCCCC#N)C1. The lowest BCUT2D eigenvalue weighted by Crippen LogP contribution is -2.21. The summed E-state index contributed by atoms with van der Waals surface area (Å²) >= 11 is 0. The fourth-order valence-corrected chi connectivity index (χ4v) is 1.99. The predicted octanol–water partition coefficient (Wildman–Crippen LogP) is 1.22. The molecule has 1 unspecified atom stereocenters. The van der Waals surface area contributed by atoms with Crippen LogP contribution in [0, 0.1) is 17.2 Å². The van der Waals surface area contributed by atoms with E-state index in [1.165, 1.54) is 25.9 Å². The van der Waals surface area contributed by atoms with Crippen molar-refractivity contribution in [1.29, 1.82) is 5.26 Å². The molecule has 1 fully saturated rings. The lowest BCUT2D eigenvalue weighted by molar-refractivity contribution is 0.385. The van der Waals surface area contributed by atoms with Gasteiger partial charge in [0, 0.05) is 13.0 Å². The third-order valence-corrected chi connectivity index (χ3v) is 2.86. The summed E-state index contributed by atoms with van der Waals surface area (Å²) in [6, 6.07) is 2.16. The average molecular weight is 195 g/mol. The van der Waals surface area contributed by atoms with Crippen LogP contribution >= 0.6 is 0 Å². The van der Waals surface area contributed by atoms with Gasteiger partial charge in [0.05, 0.1) is 6.07 Å². The average Bonchev–Trinajstić information content (AvgIpc) is 2.58. The number of nitriles is 1. The highest BCUT2D eigenvalue weighted by molar-refractivity contribution is 4.74. The molecule has 0 radical (unpaired) electrons. The minimum atomic E-state index is 0.680. The van der Waals surface area contributed by atoms with E-state index in [-0.39, 0.29) is 0 Å². The Labute approximate surface area is 87.1 Å². The Morgan fingerprint density at radius 2 is 2.36 bits per heavy atom. The summed E-state index contributed by atoms with van der Waals surface area (Å²) in [7, 11) is 2.19. The van der Waals surface area contributed by atoms with Gasteiger partial charge in [-0.3, -0.25) is 0 Å². The van der Waals surface area contributed by atoms with Crippen LogP contribution in [0.1, 0.15) is 25.7 Å². The first-order chi connectivity index (χ1) is 6.83. The zero-order chi connectivity index (χ0) is 10.2. The molecular formula is C11H21N3. The van der Waals surface area contributed by atoms with Crippen LogP contribution in [0.3, 0.4) is 0 Å². The number of unbranched alkanes of at least 4 members (excludes halogenated alkanes) is 1. The molecule has 14 heavy (non-hydrogen) atoms. The molecule has 1 heterocycles. The van der Waals surface area contributed by atoms with Gasteiger partial charge in [-0.2, -0.15) is 5.26 Å². The van der Waals surface area contributed by atoms with E-state index in [4.69, 9.17) is 5.26 Å². The van der Waals surface area contributed by atoms with Gasteiger partial charge in [0.1, 0.15) is 0 Å². The standard InChI is InChI=1S/C11H21N3/c1-14-9-5-11(10-14)4-8-13-7-3-2-6-12/h11,13H,2-5,7-10H2,1H3. The minimum Gasteiger partial charge on any atom is -0.317 e. The third kappa shape index (κ3) is 4.59. The summed E-state index contributed by atoms with van der Waals surface area (Å²) in [6.45, 7) is 4.64. The second-order valence-electron chi connectivity index (χ2n) is 4.22. The van der Waals surface area contributed by atoms with Crippen molar-refractivity contribution in [2.45, 2.75) is 25.7 Å². The van der Waals surface area contributed by atoms with E-state index in [2.05, 4.69) is 23.3 Å². The Bertz CT molecular complexity index is 185. The predicted molar refractivity (Wildman–Crippen MR) is 57.9 cm³/mol. The fourth-order valence-electron chi connectivity index (χ4n) is 1.99. The molecule has 3 heteroatoms. The molecule has 0 aromatic heterocycles. The first kappa shape index (κ1) is 11.5. The Hall–Kier alpha value is -0.590. The molecule has 0 aromatic rings. The Kier molecular flexibility index (Phi) is 5.58. The first-order valence-electron chi connectivity index (χ1n) is 5.59. The molecule has 3 nitrogen and oxygen atoms in total. The van der Waals surface area contributed by atoms with Crippen molar-refractivity contribution >= 4 is 0 Å². The van der Waals surface area contributed by atoms with Crippen LogP contribution in [0.4, 0.5) is 0 Å². The molecular weight excluding hydrogens is 174 g/mol. The van der Waals surface area contributed by atoms with Gasteiger partial charge in [-0.1, -0.05) is 0 Å². The number of likely N-dealkylation sites (tertiary alicyclic amines) is 1. The van der Waals surface area contributed by atoms with E-state index in [1.54, 1.807) is 0 Å². The van der Waals surface area contributed by atoms with Crippen molar-refractivity contribution in [1.82, 2.24) is 10.2 Å². The molecule has 1 aliphatic rings. The molecule has 1 rings (SSSR count). The van der Waals surface area contributed by atoms with Gasteiger partial charge in [0.2, 0.25) is 0 Å². The van der Waals surface area contributed by atoms with Crippen LogP contribution in [-0.4, -0.2) is 38.1 Å². The lowest BCUT2D eigenvalue weighted by atomic mass is 10.1. The van der Waals surface area contributed by atoms with Gasteiger partial charge in [0.25, 0.3) is 0 Å². The number of hydrogen-bond donors (Lipinski definition) is 1. The number of nitrogens with one attached hydrogen (secondary N) is 1. The van der Waals surface area contributed by atoms with E-state index in [0.29, 0.717) is 6.42 Å². The van der Waals surface area contributed by atoms with Crippen molar-refractivity contribution in [3.63, 3.8) is 0 Å². The number of rotatable bonds is 6. The van der Waals surface area contributed by atoms with Crippen molar-refractivity contribution in [3.05, 3.63) is 0 Å². The largest absolute Gasteiger partial charge is 0.317 e. The van der Waals surface area contributed by atoms with E-state index in [1.807, 2.05) is 0 Å². The van der Waals surface area contributed by atoms with Crippen LogP contribution in [0.15, 0.2) is 0 Å². The van der Waals surface area contributed by atoms with Crippen LogP contribution in [0.25, 0.3) is 0 Å². The molecule has 1 N–H and O–H groups in total. The Balaban J connectivity index is 1.87. The van der Waals surface area contributed by atoms with Gasteiger partial charge in [-0.15, -0.1) is 0 Å². The zero-order valence-electron chi connectivity index (χ0n) is 9.13. The quantitative estimate of drug-likeness (QED) is 0.648. The normalized spacial score (nSPS) is 22.4. The van der Waals surface area contributed by atoms with Gasteiger partial charge in [-0.25, -0.2) is 0 Å².